The molecule has 6 nitrogen and oxygen atoms in total. The van der Waals surface area contributed by atoms with E-state index in [1.807, 2.05) is 36.4 Å². The van der Waals surface area contributed by atoms with Crippen molar-refractivity contribution in [3.05, 3.63) is 88.5 Å². The van der Waals surface area contributed by atoms with Crippen LogP contribution in [0.15, 0.2) is 76.1 Å². The van der Waals surface area contributed by atoms with Crippen LogP contribution >= 0.6 is 0 Å². The molecule has 0 bridgehead atoms. The van der Waals surface area contributed by atoms with Crippen LogP contribution in [0.2, 0.25) is 0 Å². The van der Waals surface area contributed by atoms with E-state index in [4.69, 9.17) is 9.15 Å². The van der Waals surface area contributed by atoms with Gasteiger partial charge < -0.3 is 19.8 Å². The van der Waals surface area contributed by atoms with Gasteiger partial charge in [0.05, 0.1) is 25.0 Å². The van der Waals surface area contributed by atoms with E-state index in [2.05, 4.69) is 10.6 Å². The van der Waals surface area contributed by atoms with Crippen LogP contribution in [-0.2, 0) is 6.54 Å². The summed E-state index contributed by atoms with van der Waals surface area (Å²) >= 11 is 0. The molecule has 0 saturated heterocycles. The number of para-hydroxylation sites is 2. The summed E-state index contributed by atoms with van der Waals surface area (Å²) in [6.45, 7) is 0.289. The predicted molar refractivity (Wildman–Crippen MR) is 99.7 cm³/mol. The Hall–Kier alpha value is -3.54. The molecule has 0 saturated carbocycles. The van der Waals surface area contributed by atoms with Gasteiger partial charge in [0, 0.05) is 11.6 Å². The summed E-state index contributed by atoms with van der Waals surface area (Å²) in [5.41, 5.74) is 1.68. The molecule has 0 aliphatic carbocycles. The van der Waals surface area contributed by atoms with Crippen LogP contribution in [0, 0.1) is 0 Å². The van der Waals surface area contributed by atoms with Gasteiger partial charge >= 0.3 is 0 Å². The monoisotopic (exact) mass is 350 g/mol. The van der Waals surface area contributed by atoms with Crippen molar-refractivity contribution in [2.75, 3.05) is 17.7 Å². The van der Waals surface area contributed by atoms with E-state index >= 15 is 0 Å². The molecule has 0 atom stereocenters. The van der Waals surface area contributed by atoms with Crippen molar-refractivity contribution in [2.45, 2.75) is 6.54 Å². The van der Waals surface area contributed by atoms with Gasteiger partial charge in [-0.15, -0.1) is 0 Å². The Morgan fingerprint density at radius 3 is 2.42 bits per heavy atom. The minimum Gasteiger partial charge on any atom is -0.490 e. The Labute approximate surface area is 150 Å². The largest absolute Gasteiger partial charge is 0.490 e. The fourth-order valence-corrected chi connectivity index (χ4v) is 2.39. The van der Waals surface area contributed by atoms with Crippen LogP contribution in [0.1, 0.15) is 16.1 Å². The molecule has 0 fully saturated rings. The van der Waals surface area contributed by atoms with Gasteiger partial charge in [0.1, 0.15) is 12.0 Å². The molecular formula is C20H18N2O4. The van der Waals surface area contributed by atoms with Crippen molar-refractivity contribution in [3.8, 4) is 5.75 Å². The first kappa shape index (κ1) is 17.3. The molecule has 3 aromatic rings. The number of hydrogen-bond acceptors (Lipinski definition) is 5. The van der Waals surface area contributed by atoms with Crippen LogP contribution in [0.4, 0.5) is 11.4 Å². The van der Waals surface area contributed by atoms with Crippen molar-refractivity contribution in [2.24, 2.45) is 0 Å². The van der Waals surface area contributed by atoms with Crippen molar-refractivity contribution < 1.29 is 13.9 Å². The lowest BCUT2D eigenvalue weighted by Crippen LogP contribution is -2.14. The van der Waals surface area contributed by atoms with E-state index in [0.717, 1.165) is 5.69 Å². The SMILES string of the molecule is COc1coc(CNc2ccccc2NC(=O)c2ccccc2)cc1=O. The zero-order valence-corrected chi connectivity index (χ0v) is 14.2. The third kappa shape index (κ3) is 4.10. The van der Waals surface area contributed by atoms with Crippen LogP contribution in [-0.4, -0.2) is 13.0 Å². The van der Waals surface area contributed by atoms with Gasteiger partial charge in [-0.1, -0.05) is 30.3 Å². The minimum absolute atomic E-state index is 0.157. The van der Waals surface area contributed by atoms with Crippen molar-refractivity contribution >= 4 is 17.3 Å². The summed E-state index contributed by atoms with van der Waals surface area (Å²) in [5, 5.41) is 6.04. The average molecular weight is 350 g/mol. The molecule has 0 unspecified atom stereocenters. The number of methoxy groups -OCH3 is 1. The van der Waals surface area contributed by atoms with Crippen LogP contribution < -0.4 is 20.8 Å². The molecule has 26 heavy (non-hydrogen) atoms. The van der Waals surface area contributed by atoms with E-state index in [9.17, 15) is 9.59 Å². The van der Waals surface area contributed by atoms with Crippen LogP contribution in [0.3, 0.4) is 0 Å². The van der Waals surface area contributed by atoms with Crippen molar-refractivity contribution in [1.29, 1.82) is 0 Å². The number of carbonyl (C=O) groups is 1. The third-order valence-electron chi connectivity index (χ3n) is 3.74. The molecule has 0 aliphatic heterocycles. The molecule has 132 valence electrons. The maximum absolute atomic E-state index is 12.3. The minimum atomic E-state index is -0.249. The Morgan fingerprint density at radius 1 is 1.04 bits per heavy atom. The molecule has 1 aromatic heterocycles. The lowest BCUT2D eigenvalue weighted by Gasteiger charge is -2.13. The molecule has 1 heterocycles. The first-order valence-electron chi connectivity index (χ1n) is 8.02. The summed E-state index contributed by atoms with van der Waals surface area (Å²) in [5.74, 6) is 0.417. The van der Waals surface area contributed by atoms with Gasteiger partial charge in [0.25, 0.3) is 5.91 Å². The number of carbonyl (C=O) groups excluding carboxylic acids is 1. The van der Waals surface area contributed by atoms with E-state index in [1.54, 1.807) is 18.2 Å². The van der Waals surface area contributed by atoms with Crippen molar-refractivity contribution in [1.82, 2.24) is 0 Å². The molecule has 0 spiro atoms. The van der Waals surface area contributed by atoms with Crippen LogP contribution in [0.25, 0.3) is 0 Å². The van der Waals surface area contributed by atoms with Gasteiger partial charge in [-0.25, -0.2) is 0 Å². The topological polar surface area (TPSA) is 80.6 Å². The number of rotatable bonds is 6. The first-order valence-corrected chi connectivity index (χ1v) is 8.02. The molecular weight excluding hydrogens is 332 g/mol. The smallest absolute Gasteiger partial charge is 0.255 e. The number of amides is 1. The molecule has 1 amide bonds. The zero-order chi connectivity index (χ0) is 18.4. The van der Waals surface area contributed by atoms with Crippen LogP contribution in [0.5, 0.6) is 5.75 Å². The second-order valence-electron chi connectivity index (χ2n) is 5.50. The zero-order valence-electron chi connectivity index (χ0n) is 14.2. The van der Waals surface area contributed by atoms with E-state index < -0.39 is 0 Å². The Morgan fingerprint density at radius 2 is 1.73 bits per heavy atom. The number of benzene rings is 2. The number of nitrogens with one attached hydrogen (secondary N) is 2. The summed E-state index contributed by atoms with van der Waals surface area (Å²) in [7, 11) is 1.41. The fourth-order valence-electron chi connectivity index (χ4n) is 2.39. The van der Waals surface area contributed by atoms with Crippen molar-refractivity contribution in [3.63, 3.8) is 0 Å². The molecule has 0 aliphatic rings. The second-order valence-corrected chi connectivity index (χ2v) is 5.50. The normalized spacial score (nSPS) is 10.2. The summed E-state index contributed by atoms with van der Waals surface area (Å²) in [6, 6.07) is 17.7. The molecule has 2 aromatic carbocycles. The van der Waals surface area contributed by atoms with Gasteiger partial charge in [-0.2, -0.15) is 0 Å². The number of ether oxygens (including phenoxy) is 1. The summed E-state index contributed by atoms with van der Waals surface area (Å²) in [6.07, 6.45) is 1.28. The number of hydrogen-bond donors (Lipinski definition) is 2. The highest BCUT2D eigenvalue weighted by molar-refractivity contribution is 6.05. The maximum atomic E-state index is 12.3. The lowest BCUT2D eigenvalue weighted by atomic mass is 10.2. The predicted octanol–water partition coefficient (Wildman–Crippen LogP) is 3.51. The Kier molecular flexibility index (Phi) is 5.34. The van der Waals surface area contributed by atoms with E-state index in [-0.39, 0.29) is 23.6 Å². The quantitative estimate of drug-likeness (QED) is 0.711. The third-order valence-corrected chi connectivity index (χ3v) is 3.74. The number of anilines is 2. The standard InChI is InChI=1S/C20H18N2O4/c1-25-19-13-26-15(11-18(19)23)12-21-16-9-5-6-10-17(16)22-20(24)14-7-3-2-4-8-14/h2-11,13,21H,12H2,1H3,(H,22,24). The fraction of sp³-hybridized carbons (Fsp3) is 0.100. The average Bonchev–Trinajstić information content (AvgIpc) is 2.68. The van der Waals surface area contributed by atoms with Gasteiger partial charge in [0.15, 0.2) is 0 Å². The lowest BCUT2D eigenvalue weighted by molar-refractivity contribution is 0.102. The molecule has 6 heteroatoms. The van der Waals surface area contributed by atoms with Gasteiger partial charge in [-0.3, -0.25) is 9.59 Å². The maximum Gasteiger partial charge on any atom is 0.255 e. The first-order chi connectivity index (χ1) is 12.7. The second kappa shape index (κ2) is 8.02. The molecule has 3 rings (SSSR count). The Bertz CT molecular complexity index is 951. The summed E-state index contributed by atoms with van der Waals surface area (Å²) < 4.78 is 10.3. The highest BCUT2D eigenvalue weighted by Gasteiger charge is 2.09. The summed E-state index contributed by atoms with van der Waals surface area (Å²) in [4.78, 5) is 24.1. The van der Waals surface area contributed by atoms with E-state index in [1.165, 1.54) is 19.4 Å². The highest BCUT2D eigenvalue weighted by atomic mass is 16.5. The molecule has 0 radical (unpaired) electrons. The van der Waals surface area contributed by atoms with Gasteiger partial charge in [-0.05, 0) is 24.3 Å². The van der Waals surface area contributed by atoms with E-state index in [0.29, 0.717) is 17.0 Å². The Balaban J connectivity index is 1.72. The van der Waals surface area contributed by atoms with Gasteiger partial charge in [0.2, 0.25) is 11.2 Å². The molecule has 2 N–H and O–H groups in total. The highest BCUT2D eigenvalue weighted by Crippen LogP contribution is 2.22.